The number of nitriles is 2. The Hall–Kier alpha value is -1.30. The van der Waals surface area contributed by atoms with Crippen LogP contribution in [0, 0.1) is 28.6 Å². The molecule has 0 N–H and O–H groups in total. The van der Waals surface area contributed by atoms with Gasteiger partial charge in [-0.15, -0.1) is 0 Å². The Kier molecular flexibility index (Phi) is 4.54. The van der Waals surface area contributed by atoms with Crippen LogP contribution < -0.4 is 4.90 Å². The maximum absolute atomic E-state index is 8.96. The standard InChI is InChI=1S/C10H11ClN4S/c1-3-15(6-7(2)4-12)10-8(5-13)9(11)14-16-10/h7H,3,6H2,1-2H3. The highest BCUT2D eigenvalue weighted by Gasteiger charge is 2.18. The summed E-state index contributed by atoms with van der Waals surface area (Å²) < 4.78 is 3.95. The summed E-state index contributed by atoms with van der Waals surface area (Å²) in [6.07, 6.45) is 0. The maximum Gasteiger partial charge on any atom is 0.162 e. The molecular formula is C10H11ClN4S. The molecule has 1 atom stereocenters. The summed E-state index contributed by atoms with van der Waals surface area (Å²) in [4.78, 5) is 1.95. The SMILES string of the molecule is CCN(CC(C)C#N)c1snc(Cl)c1C#N. The van der Waals surface area contributed by atoms with Crippen LogP contribution in [-0.4, -0.2) is 17.5 Å². The highest BCUT2D eigenvalue weighted by Crippen LogP contribution is 2.31. The lowest BCUT2D eigenvalue weighted by molar-refractivity contribution is 0.689. The molecule has 84 valence electrons. The van der Waals surface area contributed by atoms with Gasteiger partial charge in [-0.3, -0.25) is 0 Å². The topological polar surface area (TPSA) is 63.7 Å². The molecule has 1 unspecified atom stereocenters. The fourth-order valence-corrected chi connectivity index (χ4v) is 2.40. The monoisotopic (exact) mass is 254 g/mol. The van der Waals surface area contributed by atoms with Crippen LogP contribution in [-0.2, 0) is 0 Å². The molecule has 1 heterocycles. The quantitative estimate of drug-likeness (QED) is 0.829. The van der Waals surface area contributed by atoms with Gasteiger partial charge in [-0.2, -0.15) is 14.9 Å². The molecule has 1 aromatic rings. The minimum absolute atomic E-state index is 0.0904. The van der Waals surface area contributed by atoms with E-state index in [9.17, 15) is 0 Å². The van der Waals surface area contributed by atoms with Crippen LogP contribution in [0.4, 0.5) is 5.00 Å². The van der Waals surface area contributed by atoms with Crippen LogP contribution in [0.15, 0.2) is 0 Å². The highest BCUT2D eigenvalue weighted by atomic mass is 35.5. The van der Waals surface area contributed by atoms with Gasteiger partial charge in [-0.1, -0.05) is 11.6 Å². The van der Waals surface area contributed by atoms with Gasteiger partial charge in [0.05, 0.1) is 12.0 Å². The molecule has 0 aromatic carbocycles. The van der Waals surface area contributed by atoms with Crippen LogP contribution in [0.3, 0.4) is 0 Å². The second-order valence-electron chi connectivity index (χ2n) is 3.33. The number of rotatable bonds is 4. The Morgan fingerprint density at radius 1 is 1.56 bits per heavy atom. The molecule has 0 aliphatic heterocycles. The van der Waals surface area contributed by atoms with E-state index >= 15 is 0 Å². The van der Waals surface area contributed by atoms with E-state index in [0.29, 0.717) is 12.1 Å². The molecule has 6 heteroatoms. The molecule has 0 saturated heterocycles. The summed E-state index contributed by atoms with van der Waals surface area (Å²) in [5.74, 6) is -0.0904. The van der Waals surface area contributed by atoms with Crippen molar-refractivity contribution in [2.45, 2.75) is 13.8 Å². The van der Waals surface area contributed by atoms with E-state index in [1.807, 2.05) is 24.8 Å². The van der Waals surface area contributed by atoms with Crippen molar-refractivity contribution in [1.29, 1.82) is 10.5 Å². The normalized spacial score (nSPS) is 11.6. The molecule has 0 spiro atoms. The zero-order valence-electron chi connectivity index (χ0n) is 9.07. The molecule has 0 aliphatic carbocycles. The van der Waals surface area contributed by atoms with E-state index in [2.05, 4.69) is 10.4 Å². The first-order chi connectivity index (χ1) is 7.63. The molecule has 0 fully saturated rings. The van der Waals surface area contributed by atoms with Crippen molar-refractivity contribution in [2.75, 3.05) is 18.0 Å². The second kappa shape index (κ2) is 5.69. The molecule has 0 aliphatic rings. The third kappa shape index (κ3) is 2.63. The highest BCUT2D eigenvalue weighted by molar-refractivity contribution is 7.10. The van der Waals surface area contributed by atoms with Gasteiger partial charge >= 0.3 is 0 Å². The molecule has 0 radical (unpaired) electrons. The van der Waals surface area contributed by atoms with Crippen molar-refractivity contribution in [3.63, 3.8) is 0 Å². The summed E-state index contributed by atoms with van der Waals surface area (Å²) in [7, 11) is 0. The summed E-state index contributed by atoms with van der Waals surface area (Å²) in [5, 5.41) is 18.7. The Morgan fingerprint density at radius 2 is 2.25 bits per heavy atom. The van der Waals surface area contributed by atoms with Crippen molar-refractivity contribution < 1.29 is 0 Å². The van der Waals surface area contributed by atoms with Gasteiger partial charge in [-0.05, 0) is 25.4 Å². The van der Waals surface area contributed by atoms with E-state index in [0.717, 1.165) is 11.5 Å². The number of halogens is 1. The number of aromatic nitrogens is 1. The molecule has 0 saturated carbocycles. The first kappa shape index (κ1) is 12.8. The predicted molar refractivity (Wildman–Crippen MR) is 64.5 cm³/mol. The largest absolute Gasteiger partial charge is 0.360 e. The third-order valence-corrected chi connectivity index (χ3v) is 3.41. The lowest BCUT2D eigenvalue weighted by atomic mass is 10.2. The fourth-order valence-electron chi connectivity index (χ4n) is 1.30. The summed E-state index contributed by atoms with van der Waals surface area (Å²) in [5.41, 5.74) is 0.402. The van der Waals surface area contributed by atoms with Gasteiger partial charge in [-0.25, -0.2) is 0 Å². The van der Waals surface area contributed by atoms with E-state index in [-0.39, 0.29) is 11.1 Å². The van der Waals surface area contributed by atoms with Gasteiger partial charge in [0.25, 0.3) is 0 Å². The van der Waals surface area contributed by atoms with Gasteiger partial charge in [0, 0.05) is 13.1 Å². The zero-order valence-corrected chi connectivity index (χ0v) is 10.6. The molecule has 16 heavy (non-hydrogen) atoms. The Balaban J connectivity index is 2.97. The second-order valence-corrected chi connectivity index (χ2v) is 4.44. The lowest BCUT2D eigenvalue weighted by Crippen LogP contribution is -2.27. The molecule has 4 nitrogen and oxygen atoms in total. The minimum Gasteiger partial charge on any atom is -0.360 e. The molecule has 1 aromatic heterocycles. The van der Waals surface area contributed by atoms with Crippen molar-refractivity contribution >= 4 is 28.1 Å². The van der Waals surface area contributed by atoms with E-state index in [1.165, 1.54) is 11.5 Å². The Bertz CT molecular complexity index is 443. The predicted octanol–water partition coefficient (Wildman–Crippen LogP) is 2.65. The van der Waals surface area contributed by atoms with Crippen molar-refractivity contribution in [3.8, 4) is 12.1 Å². The minimum atomic E-state index is -0.0904. The summed E-state index contributed by atoms with van der Waals surface area (Å²) in [6, 6.07) is 4.21. The van der Waals surface area contributed by atoms with Gasteiger partial charge < -0.3 is 4.90 Å². The smallest absolute Gasteiger partial charge is 0.162 e. The Labute approximate surface area is 104 Å². The third-order valence-electron chi connectivity index (χ3n) is 2.13. The van der Waals surface area contributed by atoms with Crippen LogP contribution in [0.1, 0.15) is 19.4 Å². The average molecular weight is 255 g/mol. The van der Waals surface area contributed by atoms with Crippen LogP contribution in [0.2, 0.25) is 5.15 Å². The lowest BCUT2D eigenvalue weighted by Gasteiger charge is -2.21. The molecular weight excluding hydrogens is 244 g/mol. The van der Waals surface area contributed by atoms with E-state index < -0.39 is 0 Å². The maximum atomic E-state index is 8.96. The van der Waals surface area contributed by atoms with Crippen molar-refractivity contribution in [3.05, 3.63) is 10.7 Å². The first-order valence-corrected chi connectivity index (χ1v) is 5.99. The Morgan fingerprint density at radius 3 is 2.75 bits per heavy atom. The van der Waals surface area contributed by atoms with Crippen molar-refractivity contribution in [2.24, 2.45) is 5.92 Å². The molecule has 1 rings (SSSR count). The number of nitrogens with zero attached hydrogens (tertiary/aromatic N) is 4. The van der Waals surface area contributed by atoms with Gasteiger partial charge in [0.2, 0.25) is 0 Å². The summed E-state index contributed by atoms with van der Waals surface area (Å²) >= 11 is 7.00. The fraction of sp³-hybridized carbons (Fsp3) is 0.500. The van der Waals surface area contributed by atoms with E-state index in [1.54, 1.807) is 0 Å². The van der Waals surface area contributed by atoms with Crippen LogP contribution in [0.25, 0.3) is 0 Å². The summed E-state index contributed by atoms with van der Waals surface area (Å²) in [6.45, 7) is 5.12. The zero-order chi connectivity index (χ0) is 12.1. The first-order valence-electron chi connectivity index (χ1n) is 4.83. The van der Waals surface area contributed by atoms with Crippen LogP contribution >= 0.6 is 23.1 Å². The van der Waals surface area contributed by atoms with Gasteiger partial charge in [0.1, 0.15) is 16.6 Å². The van der Waals surface area contributed by atoms with E-state index in [4.69, 9.17) is 22.1 Å². The number of hydrogen-bond acceptors (Lipinski definition) is 5. The van der Waals surface area contributed by atoms with Crippen LogP contribution in [0.5, 0.6) is 0 Å². The average Bonchev–Trinajstić information content (AvgIpc) is 2.66. The van der Waals surface area contributed by atoms with Crippen molar-refractivity contribution in [1.82, 2.24) is 4.37 Å². The molecule has 0 bridgehead atoms. The number of hydrogen-bond donors (Lipinski definition) is 0. The van der Waals surface area contributed by atoms with Gasteiger partial charge in [0.15, 0.2) is 5.15 Å². The number of anilines is 1. The molecule has 0 amide bonds.